The van der Waals surface area contributed by atoms with Gasteiger partial charge in [-0.25, -0.2) is 0 Å². The molecule has 6 heteroatoms. The van der Waals surface area contributed by atoms with Crippen LogP contribution in [0.4, 0.5) is 0 Å². The largest absolute Gasteiger partial charge is 1.00 e. The van der Waals surface area contributed by atoms with Gasteiger partial charge in [-0.3, -0.25) is 0 Å². The Morgan fingerprint density at radius 2 is 1.43 bits per heavy atom. The maximum Gasteiger partial charge on any atom is 1.00 e. The van der Waals surface area contributed by atoms with Crippen molar-refractivity contribution in [3.05, 3.63) is 72.1 Å². The van der Waals surface area contributed by atoms with E-state index in [0.717, 1.165) is 50.4 Å². The second kappa shape index (κ2) is 8.54. The predicted octanol–water partition coefficient (Wildman–Crippen LogP) is -1.34. The minimum absolute atomic E-state index is 0. The molecule has 0 aliphatic heterocycles. The predicted molar refractivity (Wildman–Crippen MR) is 104 cm³/mol. The fourth-order valence-electron chi connectivity index (χ4n) is 3.31. The summed E-state index contributed by atoms with van der Waals surface area (Å²) in [4.78, 5) is 18.3. The summed E-state index contributed by atoms with van der Waals surface area (Å²) in [6.07, 6.45) is 0. The van der Waals surface area contributed by atoms with Gasteiger partial charge in [0, 0.05) is 0 Å². The summed E-state index contributed by atoms with van der Waals surface area (Å²) < 4.78 is 0. The van der Waals surface area contributed by atoms with Crippen LogP contribution in [-0.2, 0) is 0 Å². The molecule has 3 aromatic carbocycles. The molecule has 0 unspecified atom stereocenters. The molecule has 0 N–H and O–H groups in total. The summed E-state index contributed by atoms with van der Waals surface area (Å²) in [5.41, 5.74) is 8.15. The zero-order valence-electron chi connectivity index (χ0n) is 16.6. The number of hydrogen-bond acceptors (Lipinski definition) is 2. The van der Waals surface area contributed by atoms with Gasteiger partial charge in [0.25, 0.3) is 0 Å². The summed E-state index contributed by atoms with van der Waals surface area (Å²) in [5, 5.41) is 0. The van der Waals surface area contributed by atoms with Crippen LogP contribution in [0.25, 0.3) is 44.6 Å². The van der Waals surface area contributed by atoms with Crippen LogP contribution in [0, 0.1) is 13.8 Å². The van der Waals surface area contributed by atoms with Crippen molar-refractivity contribution in [2.75, 3.05) is 0 Å². The number of aromatic nitrogens is 4. The van der Waals surface area contributed by atoms with Crippen molar-refractivity contribution in [2.24, 2.45) is 0 Å². The first-order valence-corrected chi connectivity index (χ1v) is 8.59. The van der Waals surface area contributed by atoms with Gasteiger partial charge < -0.3 is 19.9 Å². The van der Waals surface area contributed by atoms with Gasteiger partial charge >= 0.3 is 59.1 Å². The van der Waals surface area contributed by atoms with Crippen molar-refractivity contribution >= 4 is 22.1 Å². The van der Waals surface area contributed by atoms with E-state index in [1.54, 1.807) is 0 Å². The van der Waals surface area contributed by atoms with Crippen molar-refractivity contribution in [1.82, 2.24) is 19.9 Å². The number of hydrogen-bond donors (Lipinski definition) is 0. The molecule has 5 rings (SSSR count). The van der Waals surface area contributed by atoms with Crippen molar-refractivity contribution in [1.29, 1.82) is 0 Å². The van der Waals surface area contributed by atoms with E-state index >= 15 is 0 Å². The van der Waals surface area contributed by atoms with E-state index in [4.69, 9.17) is 4.98 Å². The van der Waals surface area contributed by atoms with Gasteiger partial charge in [0.2, 0.25) is 0 Å². The molecular weight excluding hydrogens is 366 g/mol. The van der Waals surface area contributed by atoms with Crippen LogP contribution in [0.1, 0.15) is 11.4 Å². The molecule has 0 saturated carbocycles. The Morgan fingerprint density at radius 1 is 0.643 bits per heavy atom. The number of rotatable bonds is 2. The molecule has 0 aliphatic rings. The van der Waals surface area contributed by atoms with Crippen LogP contribution in [0.2, 0.25) is 0 Å². The zero-order chi connectivity index (χ0) is 17.7. The maximum absolute atomic E-state index is 4.74. The smallest absolute Gasteiger partial charge is 0.440 e. The van der Waals surface area contributed by atoms with Crippen LogP contribution >= 0.6 is 0 Å². The van der Waals surface area contributed by atoms with Crippen molar-refractivity contribution < 1.29 is 59.1 Å². The molecule has 2 aromatic heterocycles. The molecule has 4 nitrogen and oxygen atoms in total. The summed E-state index contributed by atoms with van der Waals surface area (Å²) >= 11 is 0. The molecule has 0 fully saturated rings. The van der Waals surface area contributed by atoms with Crippen LogP contribution in [0.15, 0.2) is 60.7 Å². The van der Waals surface area contributed by atoms with Crippen molar-refractivity contribution in [3.8, 4) is 22.5 Å². The van der Waals surface area contributed by atoms with E-state index in [1.807, 2.05) is 31.2 Å². The Bertz CT molecular complexity index is 1270. The fourth-order valence-corrected chi connectivity index (χ4v) is 3.31. The van der Waals surface area contributed by atoms with Crippen molar-refractivity contribution in [3.63, 3.8) is 0 Å². The van der Waals surface area contributed by atoms with E-state index in [1.165, 1.54) is 5.56 Å². The molecule has 2 heterocycles. The first-order valence-electron chi connectivity index (χ1n) is 8.59. The average Bonchev–Trinajstić information content (AvgIpc) is 3.22. The fraction of sp³-hybridized carbons (Fsp3) is 0.0909. The topological polar surface area (TPSA) is 54.0 Å². The van der Waals surface area contributed by atoms with Crippen LogP contribution in [0.3, 0.4) is 0 Å². The number of aryl methyl sites for hydroxylation is 2. The molecule has 0 spiro atoms. The normalized spacial score (nSPS) is 10.6. The summed E-state index contributed by atoms with van der Waals surface area (Å²) in [7, 11) is 0. The van der Waals surface area contributed by atoms with E-state index in [2.05, 4.69) is 58.3 Å². The Morgan fingerprint density at radius 3 is 2.25 bits per heavy atom. The molecule has 28 heavy (non-hydrogen) atoms. The molecule has 5 aromatic rings. The van der Waals surface area contributed by atoms with Gasteiger partial charge in [0.15, 0.2) is 0 Å². The van der Waals surface area contributed by atoms with E-state index in [9.17, 15) is 0 Å². The Labute approximate surface area is 207 Å². The number of nitrogens with zero attached hydrogens (tertiary/aromatic N) is 4. The Balaban J connectivity index is 0.00000112. The van der Waals surface area contributed by atoms with Crippen LogP contribution in [0.5, 0.6) is 0 Å². The second-order valence-corrected chi connectivity index (χ2v) is 6.59. The number of fused-ring (bicyclic) bond motifs is 2. The molecular formula is C22H16N4Na2. The molecule has 0 atom stereocenters. The van der Waals surface area contributed by atoms with Crippen molar-refractivity contribution in [2.45, 2.75) is 13.8 Å². The quantitative estimate of drug-likeness (QED) is 0.355. The molecule has 0 aliphatic carbocycles. The molecule has 0 radical (unpaired) electrons. The minimum Gasteiger partial charge on any atom is -0.440 e. The third-order valence-electron chi connectivity index (χ3n) is 4.58. The van der Waals surface area contributed by atoms with Gasteiger partial charge in [-0.05, 0) is 52.6 Å². The molecule has 126 valence electrons. The van der Waals surface area contributed by atoms with E-state index in [-0.39, 0.29) is 59.1 Å². The monoisotopic (exact) mass is 382 g/mol. The SMILES string of the molecule is Cc1cccc(-c2nc3cc(-c4ccc5nc(C)[n-]c5c4)ccc3[n-]2)c1.[Na+].[Na+]. The third kappa shape index (κ3) is 3.99. The number of benzene rings is 3. The zero-order valence-corrected chi connectivity index (χ0v) is 20.6. The maximum atomic E-state index is 4.74. The van der Waals surface area contributed by atoms with Gasteiger partial charge in [-0.15, -0.1) is 0 Å². The summed E-state index contributed by atoms with van der Waals surface area (Å²) in [6.45, 7) is 3.99. The average molecular weight is 382 g/mol. The van der Waals surface area contributed by atoms with Gasteiger partial charge in [-0.2, -0.15) is 0 Å². The van der Waals surface area contributed by atoms with Crippen LogP contribution < -0.4 is 69.1 Å². The molecule has 0 amide bonds. The minimum atomic E-state index is 0. The Kier molecular flexibility index (Phi) is 6.50. The van der Waals surface area contributed by atoms with E-state index < -0.39 is 0 Å². The van der Waals surface area contributed by atoms with E-state index in [0.29, 0.717) is 0 Å². The van der Waals surface area contributed by atoms with Gasteiger partial charge in [-0.1, -0.05) is 77.9 Å². The Hall–Kier alpha value is -1.40. The second-order valence-electron chi connectivity index (χ2n) is 6.59. The first-order chi connectivity index (χ1) is 12.7. The first kappa shape index (κ1) is 21.3. The molecule has 0 bridgehead atoms. The van der Waals surface area contributed by atoms with Gasteiger partial charge in [0.1, 0.15) is 0 Å². The van der Waals surface area contributed by atoms with Gasteiger partial charge in [0.05, 0.1) is 0 Å². The molecule has 0 saturated heterocycles. The summed E-state index contributed by atoms with van der Waals surface area (Å²) in [5.74, 6) is 1.58. The standard InChI is InChI=1S/C22H16N4.2Na/c1-13-4-3-5-17(10-13)22-25-19-9-7-16(12-21(19)26-22)15-6-8-18-20(11-15)24-14(2)23-18;;/h3-12H,1-2H3;;/q-2;2*+1. The van der Waals surface area contributed by atoms with Crippen LogP contribution in [-0.4, -0.2) is 9.97 Å². The summed E-state index contributed by atoms with van der Waals surface area (Å²) in [6, 6.07) is 20.7. The third-order valence-corrected chi connectivity index (χ3v) is 4.58. The number of imidazole rings is 2.